The molecule has 2 heterocycles. The number of ether oxygens (including phenoxy) is 2. The Balaban J connectivity index is 1.30. The minimum absolute atomic E-state index is 0.00906. The van der Waals surface area contributed by atoms with Crippen LogP contribution < -0.4 is 0 Å². The maximum atomic E-state index is 12.7. The molecule has 0 aromatic heterocycles. The van der Waals surface area contributed by atoms with Crippen LogP contribution in [0.15, 0.2) is 24.3 Å². The van der Waals surface area contributed by atoms with Crippen molar-refractivity contribution < 1.29 is 19.1 Å². The van der Waals surface area contributed by atoms with E-state index in [9.17, 15) is 9.59 Å². The molecule has 0 N–H and O–H groups in total. The topological polar surface area (TPSA) is 55.8 Å². The monoisotopic (exact) mass is 355 g/mol. The van der Waals surface area contributed by atoms with E-state index < -0.39 is 5.79 Å². The van der Waals surface area contributed by atoms with E-state index in [0.29, 0.717) is 23.0 Å². The lowest BCUT2D eigenvalue weighted by Gasteiger charge is -2.42. The number of carbonyl (C=O) groups excluding carboxylic acids is 2. The Morgan fingerprint density at radius 1 is 0.923 bits per heavy atom. The van der Waals surface area contributed by atoms with Crippen LogP contribution >= 0.6 is 0 Å². The molecular weight excluding hydrogens is 330 g/mol. The summed E-state index contributed by atoms with van der Waals surface area (Å²) in [7, 11) is 0. The van der Waals surface area contributed by atoms with Crippen LogP contribution in [0.2, 0.25) is 0 Å². The van der Waals surface area contributed by atoms with Crippen LogP contribution in [0.5, 0.6) is 0 Å². The van der Waals surface area contributed by atoms with Gasteiger partial charge in [-0.15, -0.1) is 0 Å². The molecule has 1 spiro atoms. The van der Waals surface area contributed by atoms with Gasteiger partial charge in [0.05, 0.1) is 24.3 Å². The average Bonchev–Trinajstić information content (AvgIpc) is 3.21. The molecule has 4 aliphatic rings. The highest BCUT2D eigenvalue weighted by Gasteiger charge is 2.55. The molecule has 5 nitrogen and oxygen atoms in total. The molecule has 1 aromatic rings. The number of fused-ring (bicyclic) bond motifs is 2. The molecule has 1 aromatic carbocycles. The Morgan fingerprint density at radius 3 is 1.92 bits per heavy atom. The molecule has 0 radical (unpaired) electrons. The van der Waals surface area contributed by atoms with E-state index in [0.717, 1.165) is 38.9 Å². The highest BCUT2D eigenvalue weighted by molar-refractivity contribution is 6.21. The maximum Gasteiger partial charge on any atom is 0.261 e. The number of carbonyl (C=O) groups is 2. The molecule has 2 saturated carbocycles. The molecule has 3 atom stereocenters. The average molecular weight is 355 g/mol. The Morgan fingerprint density at radius 2 is 1.42 bits per heavy atom. The lowest BCUT2D eigenvalue weighted by atomic mass is 9.94. The van der Waals surface area contributed by atoms with Crippen LogP contribution in [0.3, 0.4) is 0 Å². The first kappa shape index (κ1) is 16.5. The van der Waals surface area contributed by atoms with Gasteiger partial charge in [0.15, 0.2) is 5.79 Å². The second kappa shape index (κ2) is 5.40. The van der Waals surface area contributed by atoms with Gasteiger partial charge in [0, 0.05) is 24.3 Å². The number of imide groups is 1. The second-order valence-electron chi connectivity index (χ2n) is 9.23. The second-order valence-corrected chi connectivity index (χ2v) is 9.23. The summed E-state index contributed by atoms with van der Waals surface area (Å²) in [5, 5.41) is 0. The minimum Gasteiger partial charge on any atom is -0.349 e. The number of rotatable bonds is 1. The molecule has 2 amide bonds. The summed E-state index contributed by atoms with van der Waals surface area (Å²) in [6, 6.07) is 7.16. The van der Waals surface area contributed by atoms with Crippen LogP contribution in [0.4, 0.5) is 0 Å². The summed E-state index contributed by atoms with van der Waals surface area (Å²) in [4.78, 5) is 27.0. The standard InChI is InChI=1S/C21H25NO4/c1-20(2)11-25-21(26-12-20)9-13-7-15(8-14(13)10-21)22-18(23)16-5-3-4-6-17(16)19(22)24/h3-6,13-15H,7-12H2,1-2H3/t13-,14+,15+. The molecule has 0 unspecified atom stereocenters. The number of hydrogen-bond acceptors (Lipinski definition) is 4. The van der Waals surface area contributed by atoms with E-state index in [1.807, 2.05) is 12.1 Å². The number of amides is 2. The predicted octanol–water partition coefficient (Wildman–Crippen LogP) is 3.24. The zero-order valence-electron chi connectivity index (χ0n) is 15.4. The third kappa shape index (κ3) is 2.37. The first-order valence-electron chi connectivity index (χ1n) is 9.62. The van der Waals surface area contributed by atoms with E-state index in [1.54, 1.807) is 12.1 Å². The van der Waals surface area contributed by atoms with Crippen molar-refractivity contribution in [3.05, 3.63) is 35.4 Å². The summed E-state index contributed by atoms with van der Waals surface area (Å²) in [5.74, 6) is 0.239. The molecule has 1 saturated heterocycles. The zero-order chi connectivity index (χ0) is 18.1. The van der Waals surface area contributed by atoms with Crippen molar-refractivity contribution >= 4 is 11.8 Å². The first-order chi connectivity index (χ1) is 12.4. The van der Waals surface area contributed by atoms with Crippen LogP contribution in [-0.2, 0) is 9.47 Å². The van der Waals surface area contributed by atoms with Gasteiger partial charge in [-0.2, -0.15) is 0 Å². The van der Waals surface area contributed by atoms with E-state index in [2.05, 4.69) is 13.8 Å². The number of hydrogen-bond donors (Lipinski definition) is 0. The van der Waals surface area contributed by atoms with Crippen molar-refractivity contribution in [1.82, 2.24) is 4.90 Å². The van der Waals surface area contributed by atoms with Gasteiger partial charge >= 0.3 is 0 Å². The Hall–Kier alpha value is -1.72. The summed E-state index contributed by atoms with van der Waals surface area (Å²) >= 11 is 0. The maximum absolute atomic E-state index is 12.7. The smallest absolute Gasteiger partial charge is 0.261 e. The van der Waals surface area contributed by atoms with Gasteiger partial charge in [-0.1, -0.05) is 26.0 Å². The lowest BCUT2D eigenvalue weighted by Crippen LogP contribution is -2.47. The van der Waals surface area contributed by atoms with Crippen molar-refractivity contribution in [2.75, 3.05) is 13.2 Å². The van der Waals surface area contributed by atoms with Gasteiger partial charge in [-0.05, 0) is 36.8 Å². The van der Waals surface area contributed by atoms with E-state index in [1.165, 1.54) is 4.90 Å². The quantitative estimate of drug-likeness (QED) is 0.726. The minimum atomic E-state index is -0.433. The summed E-state index contributed by atoms with van der Waals surface area (Å²) in [5.41, 5.74) is 1.17. The van der Waals surface area contributed by atoms with Crippen molar-refractivity contribution in [3.8, 4) is 0 Å². The third-order valence-electron chi connectivity index (χ3n) is 6.61. The van der Waals surface area contributed by atoms with Crippen molar-refractivity contribution in [2.45, 2.75) is 51.4 Å². The molecule has 26 heavy (non-hydrogen) atoms. The van der Waals surface area contributed by atoms with Gasteiger partial charge < -0.3 is 9.47 Å². The molecular formula is C21H25NO4. The molecule has 3 fully saturated rings. The van der Waals surface area contributed by atoms with Crippen molar-refractivity contribution in [1.29, 1.82) is 0 Å². The normalized spacial score (nSPS) is 34.4. The van der Waals surface area contributed by atoms with Crippen molar-refractivity contribution in [2.24, 2.45) is 17.3 Å². The fourth-order valence-corrected chi connectivity index (χ4v) is 5.29. The lowest BCUT2D eigenvalue weighted by molar-refractivity contribution is -0.297. The molecule has 5 rings (SSSR count). The van der Waals surface area contributed by atoms with E-state index in [4.69, 9.17) is 9.47 Å². The molecule has 138 valence electrons. The predicted molar refractivity (Wildman–Crippen MR) is 94.6 cm³/mol. The van der Waals surface area contributed by atoms with Crippen LogP contribution in [-0.4, -0.2) is 41.8 Å². The number of nitrogens with zero attached hydrogens (tertiary/aromatic N) is 1. The fourth-order valence-electron chi connectivity index (χ4n) is 5.29. The SMILES string of the molecule is CC1(C)COC2(C[C@H]3C[C@H](N4C(=O)c5ccccc5C4=O)C[C@H]3C2)OC1. The van der Waals surface area contributed by atoms with Gasteiger partial charge in [0.1, 0.15) is 0 Å². The fraction of sp³-hybridized carbons (Fsp3) is 0.619. The van der Waals surface area contributed by atoms with Gasteiger partial charge in [0.2, 0.25) is 0 Å². The Kier molecular flexibility index (Phi) is 3.41. The summed E-state index contributed by atoms with van der Waals surface area (Å²) < 4.78 is 12.3. The highest BCUT2D eigenvalue weighted by Crippen LogP contribution is 2.54. The molecule has 2 aliphatic heterocycles. The Bertz CT molecular complexity index is 725. The molecule has 0 bridgehead atoms. The highest BCUT2D eigenvalue weighted by atomic mass is 16.7. The first-order valence-corrected chi connectivity index (χ1v) is 9.62. The van der Waals surface area contributed by atoms with Crippen LogP contribution in [0.25, 0.3) is 0 Å². The molecule has 2 aliphatic carbocycles. The van der Waals surface area contributed by atoms with Crippen LogP contribution in [0, 0.1) is 17.3 Å². The van der Waals surface area contributed by atoms with Gasteiger partial charge in [-0.25, -0.2) is 0 Å². The van der Waals surface area contributed by atoms with E-state index in [-0.39, 0.29) is 23.3 Å². The van der Waals surface area contributed by atoms with Crippen molar-refractivity contribution in [3.63, 3.8) is 0 Å². The largest absolute Gasteiger partial charge is 0.349 e. The third-order valence-corrected chi connectivity index (χ3v) is 6.61. The molecule has 5 heteroatoms. The van der Waals surface area contributed by atoms with E-state index >= 15 is 0 Å². The van der Waals surface area contributed by atoms with Crippen LogP contribution in [0.1, 0.15) is 60.2 Å². The number of benzene rings is 1. The summed E-state index contributed by atoms with van der Waals surface area (Å²) in [6.07, 6.45) is 3.50. The van der Waals surface area contributed by atoms with Gasteiger partial charge in [0.25, 0.3) is 11.8 Å². The summed E-state index contributed by atoms with van der Waals surface area (Å²) in [6.45, 7) is 5.78. The van der Waals surface area contributed by atoms with Gasteiger partial charge in [-0.3, -0.25) is 14.5 Å². The zero-order valence-corrected chi connectivity index (χ0v) is 15.4. The Labute approximate surface area is 153 Å².